The Hall–Kier alpha value is -2.93. The van der Waals surface area contributed by atoms with Crippen LogP contribution in [-0.4, -0.2) is 60.5 Å². The fourth-order valence-electron chi connectivity index (χ4n) is 3.50. The van der Waals surface area contributed by atoms with E-state index < -0.39 is 0 Å². The topological polar surface area (TPSA) is 74.8 Å². The number of rotatable bonds is 7. The molecule has 1 N–H and O–H groups in total. The van der Waals surface area contributed by atoms with Crippen LogP contribution >= 0.6 is 0 Å². The van der Waals surface area contributed by atoms with Crippen LogP contribution in [0.3, 0.4) is 0 Å². The van der Waals surface area contributed by atoms with Crippen LogP contribution in [0.2, 0.25) is 0 Å². The van der Waals surface area contributed by atoms with Crippen molar-refractivity contribution in [2.24, 2.45) is 5.92 Å². The van der Waals surface area contributed by atoms with E-state index in [2.05, 4.69) is 10.3 Å². The molecular weight excluding hydrogens is 380 g/mol. The van der Waals surface area contributed by atoms with Crippen molar-refractivity contribution in [3.8, 4) is 0 Å². The lowest BCUT2D eigenvalue weighted by Crippen LogP contribution is -2.41. The number of likely N-dealkylation sites (tertiary alicyclic amines) is 1. The molecule has 7 nitrogen and oxygen atoms in total. The summed E-state index contributed by atoms with van der Waals surface area (Å²) in [6, 6.07) is 13.2. The molecule has 0 bridgehead atoms. The van der Waals surface area contributed by atoms with Crippen molar-refractivity contribution in [2.45, 2.75) is 26.0 Å². The van der Waals surface area contributed by atoms with Crippen molar-refractivity contribution in [1.82, 2.24) is 20.1 Å². The van der Waals surface area contributed by atoms with E-state index in [9.17, 15) is 9.59 Å². The van der Waals surface area contributed by atoms with Gasteiger partial charge in [-0.3, -0.25) is 9.78 Å². The minimum absolute atomic E-state index is 0.0814. The zero-order valence-electron chi connectivity index (χ0n) is 17.7. The Morgan fingerprint density at radius 2 is 1.90 bits per heavy atom. The van der Waals surface area contributed by atoms with Gasteiger partial charge in [-0.25, -0.2) is 4.79 Å². The Morgan fingerprint density at radius 1 is 1.17 bits per heavy atom. The average Bonchev–Trinajstić information content (AvgIpc) is 2.76. The first kappa shape index (κ1) is 21.8. The van der Waals surface area contributed by atoms with Gasteiger partial charge in [0.05, 0.1) is 5.69 Å². The average molecular weight is 411 g/mol. The summed E-state index contributed by atoms with van der Waals surface area (Å²) in [5, 5.41) is 3.02. The molecule has 0 radical (unpaired) electrons. The van der Waals surface area contributed by atoms with E-state index in [0.717, 1.165) is 24.1 Å². The highest BCUT2D eigenvalue weighted by Crippen LogP contribution is 2.18. The number of piperidine rings is 1. The maximum atomic E-state index is 12.5. The molecule has 2 amide bonds. The van der Waals surface area contributed by atoms with E-state index in [-0.39, 0.29) is 18.6 Å². The van der Waals surface area contributed by atoms with Crippen LogP contribution in [0.15, 0.2) is 48.7 Å². The molecule has 160 valence electrons. The first-order valence-electron chi connectivity index (χ1n) is 10.3. The number of nitrogens with one attached hydrogen (secondary N) is 1. The van der Waals surface area contributed by atoms with Crippen LogP contribution < -0.4 is 5.32 Å². The lowest BCUT2D eigenvalue weighted by Gasteiger charge is -2.31. The smallest absolute Gasteiger partial charge is 0.410 e. The summed E-state index contributed by atoms with van der Waals surface area (Å²) in [6.07, 6.45) is 3.10. The summed E-state index contributed by atoms with van der Waals surface area (Å²) in [5.74, 6) is 0.275. The SMILES string of the molecule is CN(C)Cc1cc(C(=O)NCC2CCN(C(=O)OCc3ccccc3)CC2)ccn1. The van der Waals surface area contributed by atoms with Gasteiger partial charge < -0.3 is 19.9 Å². The van der Waals surface area contributed by atoms with Crippen molar-refractivity contribution >= 4 is 12.0 Å². The number of hydrogen-bond donors (Lipinski definition) is 1. The second kappa shape index (κ2) is 10.7. The van der Waals surface area contributed by atoms with Gasteiger partial charge in [0.15, 0.2) is 0 Å². The highest BCUT2D eigenvalue weighted by molar-refractivity contribution is 5.94. The number of carbonyl (C=O) groups is 2. The summed E-state index contributed by atoms with van der Waals surface area (Å²) in [5.41, 5.74) is 2.48. The number of benzene rings is 1. The Balaban J connectivity index is 1.39. The summed E-state index contributed by atoms with van der Waals surface area (Å²) >= 11 is 0. The number of pyridine rings is 1. The van der Waals surface area contributed by atoms with Crippen molar-refractivity contribution < 1.29 is 14.3 Å². The zero-order chi connectivity index (χ0) is 21.3. The lowest BCUT2D eigenvalue weighted by atomic mass is 9.97. The van der Waals surface area contributed by atoms with Gasteiger partial charge in [0.2, 0.25) is 0 Å². The summed E-state index contributed by atoms with van der Waals surface area (Å²) in [4.78, 5) is 32.8. The first-order valence-corrected chi connectivity index (χ1v) is 10.3. The van der Waals surface area contributed by atoms with Gasteiger partial charge in [-0.2, -0.15) is 0 Å². The zero-order valence-corrected chi connectivity index (χ0v) is 17.7. The highest BCUT2D eigenvalue weighted by atomic mass is 16.6. The molecule has 30 heavy (non-hydrogen) atoms. The Bertz CT molecular complexity index is 833. The third-order valence-electron chi connectivity index (χ3n) is 5.19. The molecule has 1 aromatic carbocycles. The predicted octanol–water partition coefficient (Wildman–Crippen LogP) is 2.92. The van der Waals surface area contributed by atoms with E-state index in [0.29, 0.717) is 37.7 Å². The number of ether oxygens (including phenoxy) is 1. The summed E-state index contributed by atoms with van der Waals surface area (Å²) < 4.78 is 5.41. The predicted molar refractivity (Wildman–Crippen MR) is 115 cm³/mol. The van der Waals surface area contributed by atoms with Crippen molar-refractivity contribution in [2.75, 3.05) is 33.7 Å². The molecule has 7 heteroatoms. The van der Waals surface area contributed by atoms with Gasteiger partial charge in [-0.05, 0) is 50.6 Å². The van der Waals surface area contributed by atoms with E-state index in [1.165, 1.54) is 0 Å². The quantitative estimate of drug-likeness (QED) is 0.760. The van der Waals surface area contributed by atoms with Crippen molar-refractivity contribution in [3.63, 3.8) is 0 Å². The number of aromatic nitrogens is 1. The van der Waals surface area contributed by atoms with Crippen LogP contribution in [0.25, 0.3) is 0 Å². The molecule has 1 saturated heterocycles. The third kappa shape index (κ3) is 6.56. The molecule has 3 rings (SSSR count). The molecular formula is C23H30N4O3. The molecule has 1 aliphatic heterocycles. The minimum atomic E-state index is -0.272. The fourth-order valence-corrected chi connectivity index (χ4v) is 3.50. The lowest BCUT2D eigenvalue weighted by molar-refractivity contribution is 0.0800. The number of nitrogens with zero attached hydrogens (tertiary/aromatic N) is 3. The van der Waals surface area contributed by atoms with Gasteiger partial charge >= 0.3 is 6.09 Å². The maximum absolute atomic E-state index is 12.5. The summed E-state index contributed by atoms with van der Waals surface area (Å²) in [7, 11) is 3.94. The molecule has 1 fully saturated rings. The highest BCUT2D eigenvalue weighted by Gasteiger charge is 2.24. The first-order chi connectivity index (χ1) is 14.5. The second-order valence-electron chi connectivity index (χ2n) is 7.95. The monoisotopic (exact) mass is 410 g/mol. The van der Waals surface area contributed by atoms with Crippen molar-refractivity contribution in [3.05, 3.63) is 65.5 Å². The van der Waals surface area contributed by atoms with E-state index in [1.54, 1.807) is 17.2 Å². The Morgan fingerprint density at radius 3 is 2.60 bits per heavy atom. The van der Waals surface area contributed by atoms with Crippen LogP contribution in [0.4, 0.5) is 4.79 Å². The maximum Gasteiger partial charge on any atom is 0.410 e. The van der Waals surface area contributed by atoms with E-state index in [4.69, 9.17) is 4.74 Å². The van der Waals surface area contributed by atoms with Crippen molar-refractivity contribution in [1.29, 1.82) is 0 Å². The molecule has 0 aliphatic carbocycles. The third-order valence-corrected chi connectivity index (χ3v) is 5.19. The van der Waals surface area contributed by atoms with Crippen LogP contribution in [0, 0.1) is 5.92 Å². The molecule has 1 aliphatic rings. The Labute approximate surface area is 178 Å². The fraction of sp³-hybridized carbons (Fsp3) is 0.435. The van der Waals surface area contributed by atoms with Crippen LogP contribution in [-0.2, 0) is 17.9 Å². The number of hydrogen-bond acceptors (Lipinski definition) is 5. The van der Waals surface area contributed by atoms with Gasteiger partial charge in [-0.15, -0.1) is 0 Å². The van der Waals surface area contributed by atoms with Gasteiger partial charge in [0.25, 0.3) is 5.91 Å². The largest absolute Gasteiger partial charge is 0.445 e. The van der Waals surface area contributed by atoms with Crippen LogP contribution in [0.5, 0.6) is 0 Å². The standard InChI is InChI=1S/C23H30N4O3/c1-26(2)16-21-14-20(8-11-24-21)22(28)25-15-18-9-12-27(13-10-18)23(29)30-17-19-6-4-3-5-7-19/h3-8,11,14,18H,9-10,12-13,15-17H2,1-2H3,(H,25,28). The molecule has 0 atom stereocenters. The molecule has 0 spiro atoms. The van der Waals surface area contributed by atoms with E-state index in [1.807, 2.05) is 55.4 Å². The van der Waals surface area contributed by atoms with Gasteiger partial charge in [0, 0.05) is 37.9 Å². The molecule has 0 unspecified atom stereocenters. The molecule has 1 aromatic heterocycles. The second-order valence-corrected chi connectivity index (χ2v) is 7.95. The minimum Gasteiger partial charge on any atom is -0.445 e. The Kier molecular flexibility index (Phi) is 7.79. The van der Waals surface area contributed by atoms with Gasteiger partial charge in [0.1, 0.15) is 6.61 Å². The van der Waals surface area contributed by atoms with Gasteiger partial charge in [-0.1, -0.05) is 30.3 Å². The summed E-state index contributed by atoms with van der Waals surface area (Å²) in [6.45, 7) is 2.89. The molecule has 2 aromatic rings. The molecule has 2 heterocycles. The number of amides is 2. The normalized spacial score (nSPS) is 14.6. The number of carbonyl (C=O) groups excluding carboxylic acids is 2. The molecule has 0 saturated carbocycles. The van der Waals surface area contributed by atoms with Crippen LogP contribution in [0.1, 0.15) is 34.5 Å². The van der Waals surface area contributed by atoms with E-state index >= 15 is 0 Å².